The number of fused-ring (bicyclic) bond motifs is 2. The molecule has 0 bridgehead atoms. The molecule has 2 aromatic carbocycles. The fourth-order valence-electron chi connectivity index (χ4n) is 2.93. The predicted octanol–water partition coefficient (Wildman–Crippen LogP) is 4.42. The summed E-state index contributed by atoms with van der Waals surface area (Å²) in [5.41, 5.74) is 3.76. The van der Waals surface area contributed by atoms with Crippen molar-refractivity contribution >= 4 is 39.5 Å². The first-order valence-corrected chi connectivity index (χ1v) is 8.71. The number of imidazole rings is 1. The number of thioether (sulfide) groups is 1. The van der Waals surface area contributed by atoms with Crippen molar-refractivity contribution in [3.8, 4) is 0 Å². The molecule has 5 heteroatoms. The molecule has 120 valence electrons. The number of Topliss-reactive ketones (excluding diaryl/α,β-unsaturated/α-hetero) is 1. The highest BCUT2D eigenvalue weighted by Gasteiger charge is 2.22. The van der Waals surface area contributed by atoms with Crippen molar-refractivity contribution in [1.29, 1.82) is 0 Å². The Kier molecular flexibility index (Phi) is 3.65. The Morgan fingerprint density at radius 2 is 1.92 bits per heavy atom. The van der Waals surface area contributed by atoms with Crippen molar-refractivity contribution in [2.75, 3.05) is 0 Å². The van der Waals surface area contributed by atoms with Gasteiger partial charge >= 0.3 is 0 Å². The average Bonchev–Trinajstić information content (AvgIpc) is 3.16. The zero-order valence-electron chi connectivity index (χ0n) is 13.5. The molecule has 0 spiro atoms. The second kappa shape index (κ2) is 5.83. The summed E-state index contributed by atoms with van der Waals surface area (Å²) in [6, 6.07) is 15.9. The molecule has 0 aliphatic heterocycles. The summed E-state index contributed by atoms with van der Waals surface area (Å²) < 4.78 is 2.04. The number of carbonyl (C=O) groups excluding carboxylic acids is 1. The zero-order valence-corrected chi connectivity index (χ0v) is 14.3. The number of benzene rings is 2. The van der Waals surface area contributed by atoms with Crippen molar-refractivity contribution in [3.63, 3.8) is 0 Å². The molecule has 1 N–H and O–H groups in total. The molecule has 1 atom stereocenters. The maximum Gasteiger partial charge on any atom is 0.178 e. The van der Waals surface area contributed by atoms with Gasteiger partial charge in [0, 0.05) is 29.7 Å². The van der Waals surface area contributed by atoms with Gasteiger partial charge in [-0.25, -0.2) is 4.98 Å². The van der Waals surface area contributed by atoms with Gasteiger partial charge in [-0.2, -0.15) is 0 Å². The highest BCUT2D eigenvalue weighted by molar-refractivity contribution is 8.00. The van der Waals surface area contributed by atoms with Crippen LogP contribution in [-0.2, 0) is 7.05 Å². The molecule has 0 aliphatic rings. The van der Waals surface area contributed by atoms with E-state index in [0.717, 1.165) is 32.7 Å². The van der Waals surface area contributed by atoms with Gasteiger partial charge in [-0.15, -0.1) is 0 Å². The Labute approximate surface area is 143 Å². The van der Waals surface area contributed by atoms with Crippen LogP contribution in [0.2, 0.25) is 0 Å². The lowest BCUT2D eigenvalue weighted by Crippen LogP contribution is -2.14. The summed E-state index contributed by atoms with van der Waals surface area (Å²) in [6.45, 7) is 1.94. The Balaban J connectivity index is 1.64. The Hall–Kier alpha value is -2.53. The minimum atomic E-state index is -0.209. The van der Waals surface area contributed by atoms with Crippen LogP contribution in [0.1, 0.15) is 17.3 Å². The largest absolute Gasteiger partial charge is 0.360 e. The smallest absolute Gasteiger partial charge is 0.178 e. The minimum Gasteiger partial charge on any atom is -0.360 e. The maximum atomic E-state index is 12.9. The van der Waals surface area contributed by atoms with Crippen LogP contribution in [0.5, 0.6) is 0 Å². The van der Waals surface area contributed by atoms with E-state index in [2.05, 4.69) is 9.97 Å². The van der Waals surface area contributed by atoms with Gasteiger partial charge in [-0.1, -0.05) is 42.1 Å². The molecule has 0 fully saturated rings. The molecule has 24 heavy (non-hydrogen) atoms. The van der Waals surface area contributed by atoms with E-state index in [1.54, 1.807) is 6.20 Å². The number of ketones is 1. The van der Waals surface area contributed by atoms with Crippen LogP contribution < -0.4 is 0 Å². The average molecular weight is 335 g/mol. The van der Waals surface area contributed by atoms with E-state index in [9.17, 15) is 4.79 Å². The number of H-pyrrole nitrogens is 1. The van der Waals surface area contributed by atoms with Gasteiger partial charge in [0.05, 0.1) is 16.3 Å². The highest BCUT2D eigenvalue weighted by Crippen LogP contribution is 2.29. The van der Waals surface area contributed by atoms with Gasteiger partial charge in [-0.3, -0.25) is 4.79 Å². The standard InChI is InChI=1S/C19H17N3OS/c1-12(18(23)14-11-20-15-8-4-3-7-13(14)15)24-19-21-16-9-5-6-10-17(16)22(19)2/h3-12,20H,1-2H3. The molecule has 2 aromatic heterocycles. The van der Waals surface area contributed by atoms with Crippen molar-refractivity contribution in [2.24, 2.45) is 7.05 Å². The van der Waals surface area contributed by atoms with Crippen LogP contribution in [0.15, 0.2) is 59.9 Å². The summed E-state index contributed by atoms with van der Waals surface area (Å²) in [5, 5.41) is 1.62. The number of para-hydroxylation sites is 3. The second-order valence-corrected chi connectivity index (χ2v) is 7.12. The zero-order chi connectivity index (χ0) is 16.7. The number of hydrogen-bond donors (Lipinski definition) is 1. The van der Waals surface area contributed by atoms with Gasteiger partial charge in [0.2, 0.25) is 0 Å². The monoisotopic (exact) mass is 335 g/mol. The molecule has 4 rings (SSSR count). The number of nitrogens with one attached hydrogen (secondary N) is 1. The van der Waals surface area contributed by atoms with E-state index >= 15 is 0 Å². The number of carbonyl (C=O) groups is 1. The van der Waals surface area contributed by atoms with Gasteiger partial charge in [0.15, 0.2) is 10.9 Å². The van der Waals surface area contributed by atoms with Crippen LogP contribution in [0.25, 0.3) is 21.9 Å². The number of aryl methyl sites for hydroxylation is 1. The number of aromatic amines is 1. The molecule has 4 nitrogen and oxygen atoms in total. The molecule has 4 aromatic rings. The third-order valence-electron chi connectivity index (χ3n) is 4.25. The molecule has 0 aliphatic carbocycles. The lowest BCUT2D eigenvalue weighted by molar-refractivity contribution is 0.0995. The lowest BCUT2D eigenvalue weighted by Gasteiger charge is -2.09. The van der Waals surface area contributed by atoms with E-state index in [1.807, 2.05) is 67.1 Å². The quantitative estimate of drug-likeness (QED) is 0.444. The van der Waals surface area contributed by atoms with Crippen molar-refractivity contribution in [2.45, 2.75) is 17.3 Å². The van der Waals surface area contributed by atoms with Crippen molar-refractivity contribution in [1.82, 2.24) is 14.5 Å². The van der Waals surface area contributed by atoms with Crippen LogP contribution in [-0.4, -0.2) is 25.6 Å². The van der Waals surface area contributed by atoms with Crippen molar-refractivity contribution < 1.29 is 4.79 Å². The first-order valence-electron chi connectivity index (χ1n) is 7.83. The first-order chi connectivity index (χ1) is 11.6. The molecule has 0 saturated heterocycles. The summed E-state index contributed by atoms with van der Waals surface area (Å²) in [4.78, 5) is 20.7. The number of nitrogens with zero attached hydrogens (tertiary/aromatic N) is 2. The fraction of sp³-hybridized carbons (Fsp3) is 0.158. The summed E-state index contributed by atoms with van der Waals surface area (Å²) in [5.74, 6) is 0.115. The molecule has 0 saturated carbocycles. The summed E-state index contributed by atoms with van der Waals surface area (Å²) >= 11 is 1.50. The van der Waals surface area contributed by atoms with E-state index in [-0.39, 0.29) is 11.0 Å². The molecule has 0 amide bonds. The molecule has 2 heterocycles. The predicted molar refractivity (Wildman–Crippen MR) is 98.7 cm³/mol. The van der Waals surface area contributed by atoms with Gasteiger partial charge < -0.3 is 9.55 Å². The molecular weight excluding hydrogens is 318 g/mol. The maximum absolute atomic E-state index is 12.9. The number of rotatable bonds is 4. The number of hydrogen-bond acceptors (Lipinski definition) is 3. The molecule has 1 unspecified atom stereocenters. The van der Waals surface area contributed by atoms with Crippen LogP contribution in [0, 0.1) is 0 Å². The van der Waals surface area contributed by atoms with E-state index in [0.29, 0.717) is 0 Å². The second-order valence-electron chi connectivity index (χ2n) is 5.81. The Morgan fingerprint density at radius 1 is 1.17 bits per heavy atom. The van der Waals surface area contributed by atoms with Crippen LogP contribution in [0.3, 0.4) is 0 Å². The van der Waals surface area contributed by atoms with Crippen LogP contribution >= 0.6 is 11.8 Å². The van der Waals surface area contributed by atoms with E-state index in [4.69, 9.17) is 0 Å². The van der Waals surface area contributed by atoms with E-state index in [1.165, 1.54) is 11.8 Å². The third kappa shape index (κ3) is 2.41. The van der Waals surface area contributed by atoms with Crippen LogP contribution in [0.4, 0.5) is 0 Å². The van der Waals surface area contributed by atoms with E-state index < -0.39 is 0 Å². The SMILES string of the molecule is CC(Sc1nc2ccccc2n1C)C(=O)c1c[nH]c2ccccc12. The highest BCUT2D eigenvalue weighted by atomic mass is 32.2. The Morgan fingerprint density at radius 3 is 2.75 bits per heavy atom. The van der Waals surface area contributed by atoms with Gasteiger partial charge in [0.25, 0.3) is 0 Å². The summed E-state index contributed by atoms with van der Waals surface area (Å²) in [6.07, 6.45) is 1.80. The number of aromatic nitrogens is 3. The summed E-state index contributed by atoms with van der Waals surface area (Å²) in [7, 11) is 1.99. The Bertz CT molecular complexity index is 1050. The normalized spacial score (nSPS) is 12.8. The third-order valence-corrected chi connectivity index (χ3v) is 5.40. The van der Waals surface area contributed by atoms with Gasteiger partial charge in [-0.05, 0) is 25.1 Å². The topological polar surface area (TPSA) is 50.7 Å². The fourth-order valence-corrected chi connectivity index (χ4v) is 3.89. The molecular formula is C19H17N3OS. The van der Waals surface area contributed by atoms with Crippen molar-refractivity contribution in [3.05, 3.63) is 60.3 Å². The van der Waals surface area contributed by atoms with Gasteiger partial charge in [0.1, 0.15) is 0 Å². The molecule has 0 radical (unpaired) electrons. The lowest BCUT2D eigenvalue weighted by atomic mass is 10.1. The first kappa shape index (κ1) is 15.0. The minimum absolute atomic E-state index is 0.115.